The van der Waals surface area contributed by atoms with E-state index in [9.17, 15) is 15.2 Å². The van der Waals surface area contributed by atoms with Crippen LogP contribution < -0.4 is 4.90 Å². The summed E-state index contributed by atoms with van der Waals surface area (Å²) < 4.78 is 2.52. The van der Waals surface area contributed by atoms with E-state index in [1.165, 1.54) is 47.6 Å². The van der Waals surface area contributed by atoms with Gasteiger partial charge in [0.2, 0.25) is 0 Å². The van der Waals surface area contributed by atoms with Crippen LogP contribution in [0.15, 0.2) is 35.1 Å². The minimum Gasteiger partial charge on any atom is -0.389 e. The highest BCUT2D eigenvalue weighted by atomic mass is 79.9. The molecule has 2 heterocycles. The molecule has 8 heteroatoms. The lowest BCUT2D eigenvalue weighted by Crippen LogP contribution is -2.42. The van der Waals surface area contributed by atoms with Crippen molar-refractivity contribution in [2.75, 3.05) is 18.0 Å². The van der Waals surface area contributed by atoms with Gasteiger partial charge in [-0.3, -0.25) is 14.8 Å². The van der Waals surface area contributed by atoms with Crippen molar-refractivity contribution in [3.8, 4) is 0 Å². The molecule has 1 unspecified atom stereocenters. The topological polar surface area (TPSA) is 84.4 Å². The van der Waals surface area contributed by atoms with Gasteiger partial charge >= 0.3 is 5.69 Å². The Hall–Kier alpha value is -1.93. The second-order valence-electron chi connectivity index (χ2n) is 7.01. The van der Waals surface area contributed by atoms with E-state index in [1.54, 1.807) is 0 Å². The Balaban J connectivity index is 1.48. The van der Waals surface area contributed by atoms with Crippen LogP contribution in [0.4, 0.5) is 11.4 Å². The molecule has 0 saturated heterocycles. The quantitative estimate of drug-likeness (QED) is 0.609. The molecule has 1 atom stereocenters. The number of aliphatic hydroxyl groups excluding tert-OH is 1. The van der Waals surface area contributed by atoms with Gasteiger partial charge in [0.25, 0.3) is 0 Å². The molecule has 1 fully saturated rings. The van der Waals surface area contributed by atoms with Crippen molar-refractivity contribution < 1.29 is 10.0 Å². The summed E-state index contributed by atoms with van der Waals surface area (Å²) in [5.41, 5.74) is 2.73. The Kier molecular flexibility index (Phi) is 4.04. The number of β-amino-alcohol motifs (C(OH)–C–C–N with tert-alkyl or cyclic N) is 1. The molecule has 4 rings (SSSR count). The van der Waals surface area contributed by atoms with Gasteiger partial charge < -0.3 is 10.0 Å². The first-order valence-electron chi connectivity index (χ1n) is 8.37. The average Bonchev–Trinajstić information content (AvgIpc) is 3.10. The van der Waals surface area contributed by atoms with Crippen molar-refractivity contribution in [1.82, 2.24) is 9.78 Å². The van der Waals surface area contributed by atoms with Gasteiger partial charge in [-0.1, -0.05) is 22.4 Å². The van der Waals surface area contributed by atoms with Crippen LogP contribution in [0.3, 0.4) is 0 Å². The van der Waals surface area contributed by atoms with Crippen molar-refractivity contribution in [1.29, 1.82) is 0 Å². The number of anilines is 1. The molecule has 0 bridgehead atoms. The fraction of sp³-hybridized carbons (Fsp3) is 0.471. The van der Waals surface area contributed by atoms with Crippen molar-refractivity contribution in [2.45, 2.75) is 37.3 Å². The second-order valence-corrected chi connectivity index (χ2v) is 7.92. The molecule has 2 aromatic rings. The molecule has 1 saturated carbocycles. The fourth-order valence-electron chi connectivity index (χ4n) is 4.01. The fourth-order valence-corrected chi connectivity index (χ4v) is 4.37. The zero-order chi connectivity index (χ0) is 17.6. The number of hydrogen-bond acceptors (Lipinski definition) is 5. The number of aliphatic hydroxyl groups is 1. The SMILES string of the molecule is O=[N+]([O-])c1cnn(CC(O)CN2CC3(CCC3)c3cc(Br)ccc32)c1. The summed E-state index contributed by atoms with van der Waals surface area (Å²) in [5.74, 6) is 0. The third-order valence-electron chi connectivity index (χ3n) is 5.33. The normalized spacial score (nSPS) is 18.9. The summed E-state index contributed by atoms with van der Waals surface area (Å²) >= 11 is 3.56. The summed E-state index contributed by atoms with van der Waals surface area (Å²) in [4.78, 5) is 12.5. The number of fused-ring (bicyclic) bond motifs is 2. The number of halogens is 1. The molecule has 7 nitrogen and oxygen atoms in total. The number of nitrogens with zero attached hydrogens (tertiary/aromatic N) is 4. The van der Waals surface area contributed by atoms with Gasteiger partial charge in [0.1, 0.15) is 12.4 Å². The summed E-state index contributed by atoms with van der Waals surface area (Å²) in [7, 11) is 0. The predicted octanol–water partition coefficient (Wildman–Crippen LogP) is 2.86. The molecular formula is C17H19BrN4O3. The van der Waals surface area contributed by atoms with Gasteiger partial charge in [0.15, 0.2) is 0 Å². The van der Waals surface area contributed by atoms with E-state index >= 15 is 0 Å². The molecule has 0 radical (unpaired) electrons. The third-order valence-corrected chi connectivity index (χ3v) is 5.83. The van der Waals surface area contributed by atoms with E-state index in [1.807, 2.05) is 6.07 Å². The number of nitro groups is 1. The Morgan fingerprint density at radius 1 is 1.40 bits per heavy atom. The molecule has 1 aliphatic carbocycles. The van der Waals surface area contributed by atoms with Gasteiger partial charge in [0, 0.05) is 28.7 Å². The minimum atomic E-state index is -0.647. The number of benzene rings is 1. The van der Waals surface area contributed by atoms with Gasteiger partial charge in [0.05, 0.1) is 17.6 Å². The largest absolute Gasteiger partial charge is 0.389 e. The standard InChI is InChI=1S/C17H19BrN4O3/c18-12-2-3-16-15(6-12)17(4-1-5-17)11-20(16)9-14(23)10-21-8-13(7-19-21)22(24)25/h2-3,6-8,14,23H,1,4-5,9-11H2. The molecule has 0 amide bonds. The minimum absolute atomic E-state index is 0.0583. The van der Waals surface area contributed by atoms with Crippen LogP contribution in [0.5, 0.6) is 0 Å². The maximum Gasteiger partial charge on any atom is 0.306 e. The van der Waals surface area contributed by atoms with E-state index in [0.717, 1.165) is 11.0 Å². The van der Waals surface area contributed by atoms with E-state index in [0.29, 0.717) is 6.54 Å². The monoisotopic (exact) mass is 406 g/mol. The first-order chi connectivity index (χ1) is 12.0. The maximum absolute atomic E-state index is 10.7. The van der Waals surface area contributed by atoms with Gasteiger partial charge in [-0.15, -0.1) is 0 Å². The molecule has 2 aliphatic rings. The van der Waals surface area contributed by atoms with Crippen molar-refractivity contribution >= 4 is 27.3 Å². The van der Waals surface area contributed by atoms with Crippen molar-refractivity contribution in [3.63, 3.8) is 0 Å². The lowest BCUT2D eigenvalue weighted by molar-refractivity contribution is -0.385. The summed E-state index contributed by atoms with van der Waals surface area (Å²) in [6.45, 7) is 1.66. The highest BCUT2D eigenvalue weighted by Gasteiger charge is 2.47. The Morgan fingerprint density at radius 3 is 2.84 bits per heavy atom. The first kappa shape index (κ1) is 16.5. The van der Waals surface area contributed by atoms with E-state index in [2.05, 4.69) is 38.1 Å². The highest BCUT2D eigenvalue weighted by molar-refractivity contribution is 9.10. The Labute approximate surface area is 153 Å². The molecule has 1 aliphatic heterocycles. The highest BCUT2D eigenvalue weighted by Crippen LogP contribution is 2.53. The van der Waals surface area contributed by atoms with Crippen LogP contribution in [0.1, 0.15) is 24.8 Å². The smallest absolute Gasteiger partial charge is 0.306 e. The predicted molar refractivity (Wildman–Crippen MR) is 96.8 cm³/mol. The second kappa shape index (κ2) is 6.10. The zero-order valence-corrected chi connectivity index (χ0v) is 15.2. The summed E-state index contributed by atoms with van der Waals surface area (Å²) in [5, 5.41) is 25.2. The van der Waals surface area contributed by atoms with Crippen molar-refractivity contribution in [3.05, 3.63) is 50.7 Å². The molecule has 25 heavy (non-hydrogen) atoms. The molecule has 1 aromatic carbocycles. The molecule has 1 aromatic heterocycles. The van der Waals surface area contributed by atoms with Gasteiger partial charge in [-0.25, -0.2) is 0 Å². The number of rotatable bonds is 5. The van der Waals surface area contributed by atoms with Crippen LogP contribution in [0.25, 0.3) is 0 Å². The van der Waals surface area contributed by atoms with Gasteiger partial charge in [-0.05, 0) is 36.6 Å². The molecule has 1 N–H and O–H groups in total. The van der Waals surface area contributed by atoms with E-state index in [4.69, 9.17) is 0 Å². The third kappa shape index (κ3) is 2.93. The lowest BCUT2D eigenvalue weighted by atomic mass is 9.66. The Bertz CT molecular complexity index is 818. The molecular weight excluding hydrogens is 388 g/mol. The maximum atomic E-state index is 10.7. The van der Waals surface area contributed by atoms with E-state index < -0.39 is 11.0 Å². The van der Waals surface area contributed by atoms with Crippen LogP contribution in [0, 0.1) is 10.1 Å². The van der Waals surface area contributed by atoms with Crippen LogP contribution in [-0.4, -0.2) is 39.0 Å². The number of hydrogen-bond donors (Lipinski definition) is 1. The van der Waals surface area contributed by atoms with Crippen LogP contribution >= 0.6 is 15.9 Å². The van der Waals surface area contributed by atoms with Crippen molar-refractivity contribution in [2.24, 2.45) is 0 Å². The first-order valence-corrected chi connectivity index (χ1v) is 9.16. The summed E-state index contributed by atoms with van der Waals surface area (Å²) in [6.07, 6.45) is 5.54. The zero-order valence-electron chi connectivity index (χ0n) is 13.6. The Morgan fingerprint density at radius 2 is 2.20 bits per heavy atom. The lowest BCUT2D eigenvalue weighted by Gasteiger charge is -2.39. The van der Waals surface area contributed by atoms with Crippen LogP contribution in [0.2, 0.25) is 0 Å². The van der Waals surface area contributed by atoms with E-state index in [-0.39, 0.29) is 17.6 Å². The van der Waals surface area contributed by atoms with Gasteiger partial charge in [-0.2, -0.15) is 5.10 Å². The summed E-state index contributed by atoms with van der Waals surface area (Å²) in [6, 6.07) is 6.35. The number of aromatic nitrogens is 2. The molecule has 132 valence electrons. The van der Waals surface area contributed by atoms with Crippen LogP contribution in [-0.2, 0) is 12.0 Å². The molecule has 1 spiro atoms. The average molecular weight is 407 g/mol.